The Morgan fingerprint density at radius 2 is 2.15 bits per heavy atom. The van der Waals surface area contributed by atoms with Gasteiger partial charge in [-0.2, -0.15) is 0 Å². The van der Waals surface area contributed by atoms with E-state index in [9.17, 15) is 4.79 Å². The molecule has 1 fully saturated rings. The van der Waals surface area contributed by atoms with Gasteiger partial charge in [-0.25, -0.2) is 9.97 Å². The van der Waals surface area contributed by atoms with Crippen LogP contribution >= 0.6 is 0 Å². The first-order chi connectivity index (χ1) is 9.59. The average Bonchev–Trinajstić information content (AvgIpc) is 2.88. The standard InChI is InChI=1S/C14H23N5O/c1-4-16-7-11-8-17-13(18-9-11)19-6-5-14(2,10-19)12(20)15-3/h8-9,16H,4-7,10H2,1-3H3,(H,15,20). The topological polar surface area (TPSA) is 70.2 Å². The Labute approximate surface area is 120 Å². The van der Waals surface area contributed by atoms with Gasteiger partial charge in [-0.1, -0.05) is 6.92 Å². The number of hydrogen-bond acceptors (Lipinski definition) is 5. The van der Waals surface area contributed by atoms with Crippen molar-refractivity contribution in [2.45, 2.75) is 26.8 Å². The van der Waals surface area contributed by atoms with Crippen molar-refractivity contribution in [3.05, 3.63) is 18.0 Å². The fraction of sp³-hybridized carbons (Fsp3) is 0.643. The van der Waals surface area contributed by atoms with Gasteiger partial charge in [-0.05, 0) is 19.9 Å². The van der Waals surface area contributed by atoms with Crippen LogP contribution in [-0.4, -0.2) is 42.6 Å². The maximum Gasteiger partial charge on any atom is 0.227 e. The molecule has 6 heteroatoms. The SMILES string of the molecule is CCNCc1cnc(N2CCC(C)(C(=O)NC)C2)nc1. The molecule has 2 N–H and O–H groups in total. The Hall–Kier alpha value is -1.69. The van der Waals surface area contributed by atoms with Crippen LogP contribution in [0.5, 0.6) is 0 Å². The average molecular weight is 277 g/mol. The van der Waals surface area contributed by atoms with Crippen molar-refractivity contribution in [1.82, 2.24) is 20.6 Å². The summed E-state index contributed by atoms with van der Waals surface area (Å²) in [4.78, 5) is 22.8. The van der Waals surface area contributed by atoms with Crippen LogP contribution < -0.4 is 15.5 Å². The third kappa shape index (κ3) is 3.07. The summed E-state index contributed by atoms with van der Waals surface area (Å²) in [5, 5.41) is 5.98. The highest BCUT2D eigenvalue weighted by Gasteiger charge is 2.40. The summed E-state index contributed by atoms with van der Waals surface area (Å²) in [6.07, 6.45) is 4.52. The number of rotatable bonds is 5. The molecule has 20 heavy (non-hydrogen) atoms. The second-order valence-corrected chi connectivity index (χ2v) is 5.48. The molecule has 1 amide bonds. The van der Waals surface area contributed by atoms with Gasteiger partial charge in [-0.15, -0.1) is 0 Å². The van der Waals surface area contributed by atoms with Crippen LogP contribution in [0.2, 0.25) is 0 Å². The number of carbonyl (C=O) groups excluding carboxylic acids is 1. The molecule has 1 saturated heterocycles. The van der Waals surface area contributed by atoms with Gasteiger partial charge in [0.05, 0.1) is 5.41 Å². The predicted molar refractivity (Wildman–Crippen MR) is 78.4 cm³/mol. The first-order valence-corrected chi connectivity index (χ1v) is 7.08. The minimum atomic E-state index is -0.347. The van der Waals surface area contributed by atoms with Crippen LogP contribution in [0, 0.1) is 5.41 Å². The smallest absolute Gasteiger partial charge is 0.227 e. The molecule has 0 saturated carbocycles. The lowest BCUT2D eigenvalue weighted by molar-refractivity contribution is -0.128. The van der Waals surface area contributed by atoms with Crippen LogP contribution in [0.3, 0.4) is 0 Å². The molecule has 1 aromatic rings. The quantitative estimate of drug-likeness (QED) is 0.822. The summed E-state index contributed by atoms with van der Waals surface area (Å²) in [7, 11) is 1.68. The zero-order chi connectivity index (χ0) is 14.6. The molecule has 0 radical (unpaired) electrons. The van der Waals surface area contributed by atoms with Gasteiger partial charge in [0.25, 0.3) is 0 Å². The molecule has 1 aliphatic heterocycles. The van der Waals surface area contributed by atoms with Crippen molar-refractivity contribution in [2.75, 3.05) is 31.6 Å². The minimum Gasteiger partial charge on any atom is -0.359 e. The molecule has 0 bridgehead atoms. The highest BCUT2D eigenvalue weighted by Crippen LogP contribution is 2.31. The lowest BCUT2D eigenvalue weighted by atomic mass is 9.89. The molecule has 2 rings (SSSR count). The fourth-order valence-electron chi connectivity index (χ4n) is 2.49. The zero-order valence-corrected chi connectivity index (χ0v) is 12.4. The van der Waals surface area contributed by atoms with Crippen LogP contribution in [0.1, 0.15) is 25.8 Å². The van der Waals surface area contributed by atoms with Gasteiger partial charge in [0.2, 0.25) is 11.9 Å². The third-order valence-corrected chi connectivity index (χ3v) is 3.80. The lowest BCUT2D eigenvalue weighted by Gasteiger charge is -2.22. The van der Waals surface area contributed by atoms with E-state index in [1.54, 1.807) is 7.05 Å². The van der Waals surface area contributed by atoms with Crippen molar-refractivity contribution in [2.24, 2.45) is 5.41 Å². The molecule has 1 aromatic heterocycles. The van der Waals surface area contributed by atoms with Gasteiger partial charge in [0.1, 0.15) is 0 Å². The van der Waals surface area contributed by atoms with Gasteiger partial charge in [-0.3, -0.25) is 4.79 Å². The van der Waals surface area contributed by atoms with E-state index in [0.717, 1.165) is 31.6 Å². The largest absolute Gasteiger partial charge is 0.359 e. The Balaban J connectivity index is 2.01. The normalized spacial score (nSPS) is 22.1. The first-order valence-electron chi connectivity index (χ1n) is 7.08. The van der Waals surface area contributed by atoms with E-state index in [-0.39, 0.29) is 11.3 Å². The number of nitrogens with zero attached hydrogens (tertiary/aromatic N) is 3. The van der Waals surface area contributed by atoms with E-state index in [0.29, 0.717) is 12.5 Å². The minimum absolute atomic E-state index is 0.0868. The van der Waals surface area contributed by atoms with E-state index in [4.69, 9.17) is 0 Å². The molecular formula is C14H23N5O. The molecule has 1 atom stereocenters. The van der Waals surface area contributed by atoms with Gasteiger partial charge >= 0.3 is 0 Å². The highest BCUT2D eigenvalue weighted by molar-refractivity contribution is 5.83. The first kappa shape index (κ1) is 14.7. The monoisotopic (exact) mass is 277 g/mol. The third-order valence-electron chi connectivity index (χ3n) is 3.80. The number of carbonyl (C=O) groups is 1. The number of anilines is 1. The van der Waals surface area contributed by atoms with Crippen LogP contribution in [0.4, 0.5) is 5.95 Å². The Bertz CT molecular complexity index is 461. The Morgan fingerprint density at radius 1 is 1.45 bits per heavy atom. The summed E-state index contributed by atoms with van der Waals surface area (Å²) in [5.74, 6) is 0.793. The zero-order valence-electron chi connectivity index (χ0n) is 12.4. The van der Waals surface area contributed by atoms with Crippen LogP contribution in [-0.2, 0) is 11.3 Å². The number of nitrogens with one attached hydrogen (secondary N) is 2. The van der Waals surface area contributed by atoms with Crippen LogP contribution in [0.15, 0.2) is 12.4 Å². The predicted octanol–water partition coefficient (Wildman–Crippen LogP) is 0.549. The lowest BCUT2D eigenvalue weighted by Crippen LogP contribution is -2.39. The van der Waals surface area contributed by atoms with E-state index in [2.05, 4.69) is 32.4 Å². The number of aromatic nitrogens is 2. The van der Waals surface area contributed by atoms with Gasteiger partial charge in [0.15, 0.2) is 0 Å². The fourth-order valence-corrected chi connectivity index (χ4v) is 2.49. The molecule has 0 aromatic carbocycles. The molecule has 1 aliphatic rings. The van der Waals surface area contributed by atoms with Crippen molar-refractivity contribution in [3.8, 4) is 0 Å². The Morgan fingerprint density at radius 3 is 2.75 bits per heavy atom. The Kier molecular flexibility index (Phi) is 4.54. The molecule has 110 valence electrons. The molecule has 0 aliphatic carbocycles. The maximum absolute atomic E-state index is 11.9. The summed E-state index contributed by atoms with van der Waals surface area (Å²) in [5.41, 5.74) is 0.726. The summed E-state index contributed by atoms with van der Waals surface area (Å²) in [6.45, 7) is 7.26. The van der Waals surface area contributed by atoms with Crippen molar-refractivity contribution in [1.29, 1.82) is 0 Å². The van der Waals surface area contributed by atoms with E-state index in [1.807, 2.05) is 19.3 Å². The molecular weight excluding hydrogens is 254 g/mol. The molecule has 1 unspecified atom stereocenters. The van der Waals surface area contributed by atoms with Gasteiger partial charge < -0.3 is 15.5 Å². The molecule has 6 nitrogen and oxygen atoms in total. The second-order valence-electron chi connectivity index (χ2n) is 5.48. The van der Waals surface area contributed by atoms with Crippen LogP contribution in [0.25, 0.3) is 0 Å². The highest BCUT2D eigenvalue weighted by atomic mass is 16.2. The van der Waals surface area contributed by atoms with Crippen molar-refractivity contribution in [3.63, 3.8) is 0 Å². The summed E-state index contributed by atoms with van der Waals surface area (Å²) < 4.78 is 0. The van der Waals surface area contributed by atoms with Crippen molar-refractivity contribution < 1.29 is 4.79 Å². The van der Waals surface area contributed by atoms with Gasteiger partial charge in [0, 0.05) is 44.6 Å². The maximum atomic E-state index is 11.9. The molecule has 2 heterocycles. The van der Waals surface area contributed by atoms with E-state index < -0.39 is 0 Å². The second kappa shape index (κ2) is 6.17. The molecule has 0 spiro atoms. The summed E-state index contributed by atoms with van der Waals surface area (Å²) in [6, 6.07) is 0. The number of hydrogen-bond donors (Lipinski definition) is 2. The van der Waals surface area contributed by atoms with Crippen molar-refractivity contribution >= 4 is 11.9 Å². The van der Waals surface area contributed by atoms with E-state index in [1.165, 1.54) is 0 Å². The number of amides is 1. The summed E-state index contributed by atoms with van der Waals surface area (Å²) >= 11 is 0. The van der Waals surface area contributed by atoms with E-state index >= 15 is 0 Å².